The van der Waals surface area contributed by atoms with Crippen molar-refractivity contribution in [3.8, 4) is 5.75 Å². The van der Waals surface area contributed by atoms with E-state index >= 15 is 0 Å². The second-order valence-corrected chi connectivity index (χ2v) is 6.02. The Balaban J connectivity index is 1.56. The number of aryl methyl sites for hydroxylation is 1. The number of benzene rings is 1. The van der Waals surface area contributed by atoms with Gasteiger partial charge in [-0.15, -0.1) is 0 Å². The average molecular weight is 260 g/mol. The van der Waals surface area contributed by atoms with E-state index in [9.17, 15) is 5.11 Å². The van der Waals surface area contributed by atoms with Crippen molar-refractivity contribution in [2.45, 2.75) is 51.2 Å². The monoisotopic (exact) mass is 260 g/mol. The summed E-state index contributed by atoms with van der Waals surface area (Å²) in [4.78, 5) is 2.64. The lowest BCUT2D eigenvalue weighted by Crippen LogP contribution is -2.45. The summed E-state index contributed by atoms with van der Waals surface area (Å²) in [5.41, 5.74) is 1.98. The zero-order valence-electron chi connectivity index (χ0n) is 11.7. The Bertz CT molecular complexity index is 446. The van der Waals surface area contributed by atoms with Crippen LogP contribution in [0, 0.1) is 6.92 Å². The minimum atomic E-state index is 0.452. The van der Waals surface area contributed by atoms with Crippen molar-refractivity contribution in [2.24, 2.45) is 0 Å². The van der Waals surface area contributed by atoms with Crippen molar-refractivity contribution in [1.29, 1.82) is 0 Å². The van der Waals surface area contributed by atoms with Gasteiger partial charge in [-0.25, -0.2) is 0 Å². The number of rotatable bonds is 3. The van der Waals surface area contributed by atoms with Crippen molar-refractivity contribution in [3.05, 3.63) is 29.3 Å². The van der Waals surface area contributed by atoms with Crippen molar-refractivity contribution in [2.75, 3.05) is 13.1 Å². The third kappa shape index (κ3) is 2.77. The Hall–Kier alpha value is -1.06. The van der Waals surface area contributed by atoms with Crippen LogP contribution in [-0.2, 0) is 6.54 Å². The second-order valence-electron chi connectivity index (χ2n) is 6.02. The molecule has 2 aliphatic heterocycles. The molecule has 104 valence electrons. The number of hydrogen-bond acceptors (Lipinski definition) is 3. The van der Waals surface area contributed by atoms with E-state index in [2.05, 4.69) is 10.2 Å². The van der Waals surface area contributed by atoms with Crippen LogP contribution in [0.5, 0.6) is 5.75 Å². The van der Waals surface area contributed by atoms with Gasteiger partial charge in [-0.3, -0.25) is 0 Å². The Kier molecular flexibility index (Phi) is 3.76. The first kappa shape index (κ1) is 12.9. The summed E-state index contributed by atoms with van der Waals surface area (Å²) in [5.74, 6) is 0.452. The van der Waals surface area contributed by atoms with E-state index in [1.807, 2.05) is 25.1 Å². The molecule has 3 rings (SSSR count). The summed E-state index contributed by atoms with van der Waals surface area (Å²) in [7, 11) is 0. The summed E-state index contributed by atoms with van der Waals surface area (Å²) in [6.07, 6.45) is 5.25. The fraction of sp³-hybridized carbons (Fsp3) is 0.625. The molecule has 3 nitrogen and oxygen atoms in total. The van der Waals surface area contributed by atoms with Gasteiger partial charge in [-0.05, 0) is 51.3 Å². The number of piperidine rings is 1. The molecule has 2 aliphatic rings. The highest BCUT2D eigenvalue weighted by Crippen LogP contribution is 2.27. The van der Waals surface area contributed by atoms with Gasteiger partial charge in [0.1, 0.15) is 5.75 Å². The first-order valence-corrected chi connectivity index (χ1v) is 7.49. The SMILES string of the molecule is Cc1cccc(CNC2CCN3CCCC3C2)c1O. The van der Waals surface area contributed by atoms with Crippen LogP contribution >= 0.6 is 0 Å². The first-order valence-electron chi connectivity index (χ1n) is 7.49. The maximum Gasteiger partial charge on any atom is 0.122 e. The number of aromatic hydroxyl groups is 1. The highest BCUT2D eigenvalue weighted by molar-refractivity contribution is 5.39. The molecule has 2 atom stereocenters. The van der Waals surface area contributed by atoms with Crippen molar-refractivity contribution in [1.82, 2.24) is 10.2 Å². The van der Waals surface area contributed by atoms with Gasteiger partial charge in [0.05, 0.1) is 0 Å². The lowest BCUT2D eigenvalue weighted by atomic mass is 9.97. The van der Waals surface area contributed by atoms with Crippen LogP contribution in [0.4, 0.5) is 0 Å². The molecule has 2 unspecified atom stereocenters. The number of phenolic OH excluding ortho intramolecular Hbond substituents is 1. The van der Waals surface area contributed by atoms with Gasteiger partial charge in [0.15, 0.2) is 0 Å². The molecule has 0 amide bonds. The van der Waals surface area contributed by atoms with Crippen LogP contribution in [0.1, 0.15) is 36.8 Å². The smallest absolute Gasteiger partial charge is 0.122 e. The lowest BCUT2D eigenvalue weighted by Gasteiger charge is -2.35. The van der Waals surface area contributed by atoms with E-state index in [0.717, 1.165) is 23.7 Å². The minimum Gasteiger partial charge on any atom is -0.507 e. The third-order valence-corrected chi connectivity index (χ3v) is 4.72. The number of nitrogens with zero attached hydrogens (tertiary/aromatic N) is 1. The van der Waals surface area contributed by atoms with Gasteiger partial charge in [-0.1, -0.05) is 18.2 Å². The van der Waals surface area contributed by atoms with Gasteiger partial charge in [0, 0.05) is 24.2 Å². The molecule has 0 saturated carbocycles. The van der Waals surface area contributed by atoms with Gasteiger partial charge < -0.3 is 15.3 Å². The van der Waals surface area contributed by atoms with Gasteiger partial charge in [0.2, 0.25) is 0 Å². The normalized spacial score (nSPS) is 27.4. The molecule has 19 heavy (non-hydrogen) atoms. The fourth-order valence-electron chi connectivity index (χ4n) is 3.53. The first-order chi connectivity index (χ1) is 9.24. The quantitative estimate of drug-likeness (QED) is 0.876. The molecule has 0 bridgehead atoms. The van der Waals surface area contributed by atoms with E-state index in [4.69, 9.17) is 0 Å². The predicted molar refractivity (Wildman–Crippen MR) is 77.3 cm³/mol. The largest absolute Gasteiger partial charge is 0.507 e. The molecule has 2 saturated heterocycles. The number of fused-ring (bicyclic) bond motifs is 1. The molecular weight excluding hydrogens is 236 g/mol. The van der Waals surface area contributed by atoms with E-state index in [-0.39, 0.29) is 0 Å². The topological polar surface area (TPSA) is 35.5 Å². The average Bonchev–Trinajstić information content (AvgIpc) is 2.88. The minimum absolute atomic E-state index is 0.452. The molecule has 2 fully saturated rings. The molecule has 0 aliphatic carbocycles. The number of para-hydroxylation sites is 1. The summed E-state index contributed by atoms with van der Waals surface area (Å²) < 4.78 is 0. The Morgan fingerprint density at radius 3 is 3.11 bits per heavy atom. The molecule has 2 heterocycles. The molecule has 0 spiro atoms. The maximum absolute atomic E-state index is 10.0. The fourth-order valence-corrected chi connectivity index (χ4v) is 3.53. The predicted octanol–water partition coefficient (Wildman–Crippen LogP) is 2.42. The van der Waals surface area contributed by atoms with Crippen LogP contribution in [0.2, 0.25) is 0 Å². The molecule has 1 aromatic carbocycles. The Morgan fingerprint density at radius 2 is 2.21 bits per heavy atom. The Morgan fingerprint density at radius 1 is 1.32 bits per heavy atom. The van der Waals surface area contributed by atoms with E-state index < -0.39 is 0 Å². The molecule has 0 aromatic heterocycles. The van der Waals surface area contributed by atoms with Crippen LogP contribution < -0.4 is 5.32 Å². The zero-order chi connectivity index (χ0) is 13.2. The summed E-state index contributed by atoms with van der Waals surface area (Å²) in [5, 5.41) is 13.7. The summed E-state index contributed by atoms with van der Waals surface area (Å²) in [6, 6.07) is 7.40. The highest BCUT2D eigenvalue weighted by Gasteiger charge is 2.31. The molecule has 3 heteroatoms. The maximum atomic E-state index is 10.0. The summed E-state index contributed by atoms with van der Waals surface area (Å²) in [6.45, 7) is 5.28. The Labute approximate surface area is 115 Å². The number of hydrogen-bond donors (Lipinski definition) is 2. The van der Waals surface area contributed by atoms with Crippen LogP contribution in [-0.4, -0.2) is 35.2 Å². The molecule has 2 N–H and O–H groups in total. The third-order valence-electron chi connectivity index (χ3n) is 4.72. The van der Waals surface area contributed by atoms with E-state index in [1.54, 1.807) is 0 Å². The van der Waals surface area contributed by atoms with Crippen LogP contribution in [0.15, 0.2) is 18.2 Å². The van der Waals surface area contributed by atoms with Crippen LogP contribution in [0.3, 0.4) is 0 Å². The molecule has 0 radical (unpaired) electrons. The number of nitrogens with one attached hydrogen (secondary N) is 1. The van der Waals surface area contributed by atoms with Crippen LogP contribution in [0.25, 0.3) is 0 Å². The van der Waals surface area contributed by atoms with Gasteiger partial charge in [-0.2, -0.15) is 0 Å². The van der Waals surface area contributed by atoms with Crippen molar-refractivity contribution < 1.29 is 5.11 Å². The lowest BCUT2D eigenvalue weighted by molar-refractivity contribution is 0.166. The second kappa shape index (κ2) is 5.51. The number of phenols is 1. The van der Waals surface area contributed by atoms with E-state index in [1.165, 1.54) is 38.8 Å². The summed E-state index contributed by atoms with van der Waals surface area (Å²) >= 11 is 0. The highest BCUT2D eigenvalue weighted by atomic mass is 16.3. The molecular formula is C16H24N2O. The van der Waals surface area contributed by atoms with Gasteiger partial charge >= 0.3 is 0 Å². The van der Waals surface area contributed by atoms with E-state index in [0.29, 0.717) is 11.8 Å². The zero-order valence-corrected chi connectivity index (χ0v) is 11.7. The van der Waals surface area contributed by atoms with Crippen molar-refractivity contribution in [3.63, 3.8) is 0 Å². The molecule has 1 aromatic rings. The standard InChI is InChI=1S/C16H24N2O/c1-12-4-2-5-13(16(12)19)11-17-14-7-9-18-8-3-6-15(18)10-14/h2,4-5,14-15,17,19H,3,6-11H2,1H3. The van der Waals surface area contributed by atoms with Crippen molar-refractivity contribution >= 4 is 0 Å². The van der Waals surface area contributed by atoms with Gasteiger partial charge in [0.25, 0.3) is 0 Å².